The van der Waals surface area contributed by atoms with Crippen molar-refractivity contribution >= 4 is 5.91 Å². The number of carbonyl (C=O) groups excluding carboxylic acids is 1. The lowest BCUT2D eigenvalue weighted by Gasteiger charge is -2.23. The minimum atomic E-state index is -4.48. The van der Waals surface area contributed by atoms with Crippen molar-refractivity contribution in [3.05, 3.63) is 29.3 Å². The van der Waals surface area contributed by atoms with E-state index in [1.807, 2.05) is 0 Å². The molecule has 1 fully saturated rings. The molecule has 1 aliphatic carbocycles. The van der Waals surface area contributed by atoms with Crippen LogP contribution in [0.4, 0.5) is 13.2 Å². The summed E-state index contributed by atoms with van der Waals surface area (Å²) >= 11 is 0. The highest BCUT2D eigenvalue weighted by Crippen LogP contribution is 2.32. The lowest BCUT2D eigenvalue weighted by molar-refractivity contribution is -0.137. The number of ether oxygens (including phenoxy) is 1. The van der Waals surface area contributed by atoms with Gasteiger partial charge in [-0.25, -0.2) is 0 Å². The van der Waals surface area contributed by atoms with Crippen LogP contribution in [-0.4, -0.2) is 19.1 Å². The van der Waals surface area contributed by atoms with Gasteiger partial charge < -0.3 is 10.1 Å². The molecule has 0 aromatic heterocycles. The molecule has 6 heteroatoms. The first kappa shape index (κ1) is 15.7. The lowest BCUT2D eigenvalue weighted by atomic mass is 9.95. The molecule has 0 atom stereocenters. The van der Waals surface area contributed by atoms with Crippen molar-refractivity contribution in [2.45, 2.75) is 44.3 Å². The Hall–Kier alpha value is -1.72. The fourth-order valence-corrected chi connectivity index (χ4v) is 2.57. The smallest absolute Gasteiger partial charge is 0.416 e. The van der Waals surface area contributed by atoms with Crippen LogP contribution in [0.25, 0.3) is 0 Å². The van der Waals surface area contributed by atoms with Gasteiger partial charge in [0.25, 0.3) is 5.91 Å². The molecule has 1 saturated carbocycles. The van der Waals surface area contributed by atoms with E-state index in [4.69, 9.17) is 4.74 Å². The van der Waals surface area contributed by atoms with E-state index in [1.54, 1.807) is 0 Å². The standard InChI is InChI=1S/C15H18F3NO2/c1-21-13-8-7-10(15(16,17)18)9-12(13)14(20)19-11-5-3-2-4-6-11/h7-9,11H,2-6H2,1H3,(H,19,20). The van der Waals surface area contributed by atoms with Gasteiger partial charge in [-0.3, -0.25) is 4.79 Å². The molecule has 0 unspecified atom stereocenters. The third kappa shape index (κ3) is 3.89. The third-order valence-corrected chi connectivity index (χ3v) is 3.71. The molecule has 1 aliphatic rings. The number of alkyl halides is 3. The van der Waals surface area contributed by atoms with Gasteiger partial charge in [-0.1, -0.05) is 19.3 Å². The minimum absolute atomic E-state index is 0.0329. The van der Waals surface area contributed by atoms with Crippen molar-refractivity contribution in [1.29, 1.82) is 0 Å². The van der Waals surface area contributed by atoms with Crippen LogP contribution in [0.1, 0.15) is 48.0 Å². The number of nitrogens with one attached hydrogen (secondary N) is 1. The third-order valence-electron chi connectivity index (χ3n) is 3.71. The van der Waals surface area contributed by atoms with E-state index in [0.717, 1.165) is 44.2 Å². The zero-order chi connectivity index (χ0) is 15.5. The van der Waals surface area contributed by atoms with Crippen molar-refractivity contribution < 1.29 is 22.7 Å². The summed E-state index contributed by atoms with van der Waals surface area (Å²) in [6, 6.07) is 2.97. The Morgan fingerprint density at radius 3 is 2.48 bits per heavy atom. The van der Waals surface area contributed by atoms with Crippen LogP contribution in [0.3, 0.4) is 0 Å². The molecular weight excluding hydrogens is 283 g/mol. The van der Waals surface area contributed by atoms with Crippen LogP contribution in [-0.2, 0) is 6.18 Å². The summed E-state index contributed by atoms with van der Waals surface area (Å²) in [7, 11) is 1.33. The van der Waals surface area contributed by atoms with E-state index in [1.165, 1.54) is 13.2 Å². The fraction of sp³-hybridized carbons (Fsp3) is 0.533. The quantitative estimate of drug-likeness (QED) is 0.922. The molecule has 1 amide bonds. The first-order valence-electron chi connectivity index (χ1n) is 6.98. The Labute approximate surface area is 121 Å². The van der Waals surface area contributed by atoms with Crippen LogP contribution in [0.5, 0.6) is 5.75 Å². The Balaban J connectivity index is 2.21. The zero-order valence-corrected chi connectivity index (χ0v) is 11.8. The Morgan fingerprint density at radius 1 is 1.24 bits per heavy atom. The average Bonchev–Trinajstić information content (AvgIpc) is 2.46. The highest BCUT2D eigenvalue weighted by Gasteiger charge is 2.32. The zero-order valence-electron chi connectivity index (χ0n) is 11.8. The van der Waals surface area contributed by atoms with E-state index >= 15 is 0 Å². The first-order valence-corrected chi connectivity index (χ1v) is 6.98. The van der Waals surface area contributed by atoms with Crippen LogP contribution < -0.4 is 10.1 Å². The lowest BCUT2D eigenvalue weighted by Crippen LogP contribution is -2.36. The molecule has 0 spiro atoms. The van der Waals surface area contributed by atoms with Gasteiger partial charge in [-0.05, 0) is 31.0 Å². The molecule has 116 valence electrons. The van der Waals surface area contributed by atoms with Gasteiger partial charge in [0.1, 0.15) is 5.75 Å². The van der Waals surface area contributed by atoms with Crippen molar-refractivity contribution in [3.8, 4) is 5.75 Å². The summed E-state index contributed by atoms with van der Waals surface area (Å²) in [6.45, 7) is 0. The molecule has 0 saturated heterocycles. The van der Waals surface area contributed by atoms with E-state index in [0.29, 0.717) is 0 Å². The summed E-state index contributed by atoms with van der Waals surface area (Å²) in [5.41, 5.74) is -0.921. The molecule has 0 radical (unpaired) electrons. The van der Waals surface area contributed by atoms with Crippen LogP contribution in [0, 0.1) is 0 Å². The fourth-order valence-electron chi connectivity index (χ4n) is 2.57. The molecule has 0 aliphatic heterocycles. The molecular formula is C15H18F3NO2. The highest BCUT2D eigenvalue weighted by atomic mass is 19.4. The molecule has 2 rings (SSSR count). The average molecular weight is 301 g/mol. The van der Waals surface area contributed by atoms with Crippen molar-refractivity contribution in [2.24, 2.45) is 0 Å². The molecule has 1 N–H and O–H groups in total. The Morgan fingerprint density at radius 2 is 1.90 bits per heavy atom. The van der Waals surface area contributed by atoms with Gasteiger partial charge in [0.15, 0.2) is 0 Å². The largest absolute Gasteiger partial charge is 0.496 e. The number of benzene rings is 1. The molecule has 1 aromatic carbocycles. The number of hydrogen-bond donors (Lipinski definition) is 1. The maximum atomic E-state index is 12.8. The number of rotatable bonds is 3. The second-order valence-electron chi connectivity index (χ2n) is 5.22. The summed E-state index contributed by atoms with van der Waals surface area (Å²) < 4.78 is 43.3. The van der Waals surface area contributed by atoms with E-state index in [2.05, 4.69) is 5.32 Å². The highest BCUT2D eigenvalue weighted by molar-refractivity contribution is 5.97. The molecule has 1 aromatic rings. The second kappa shape index (κ2) is 6.37. The van der Waals surface area contributed by atoms with Gasteiger partial charge >= 0.3 is 6.18 Å². The van der Waals surface area contributed by atoms with Crippen LogP contribution in [0.2, 0.25) is 0 Å². The second-order valence-corrected chi connectivity index (χ2v) is 5.22. The van der Waals surface area contributed by atoms with E-state index < -0.39 is 17.6 Å². The predicted molar refractivity (Wildman–Crippen MR) is 72.3 cm³/mol. The number of carbonyl (C=O) groups is 1. The van der Waals surface area contributed by atoms with Gasteiger partial charge in [-0.2, -0.15) is 13.2 Å². The number of amides is 1. The SMILES string of the molecule is COc1ccc(C(F)(F)F)cc1C(=O)NC1CCCCC1. The van der Waals surface area contributed by atoms with Gasteiger partial charge in [0, 0.05) is 6.04 Å². The van der Waals surface area contributed by atoms with Crippen molar-refractivity contribution in [3.63, 3.8) is 0 Å². The number of methoxy groups -OCH3 is 1. The van der Waals surface area contributed by atoms with Crippen LogP contribution in [0.15, 0.2) is 18.2 Å². The van der Waals surface area contributed by atoms with E-state index in [-0.39, 0.29) is 17.4 Å². The molecule has 0 heterocycles. The maximum Gasteiger partial charge on any atom is 0.416 e. The number of halogens is 3. The summed E-state index contributed by atoms with van der Waals surface area (Å²) in [6.07, 6.45) is 0.459. The topological polar surface area (TPSA) is 38.3 Å². The Kier molecular flexibility index (Phi) is 4.75. The van der Waals surface area contributed by atoms with Crippen LogP contribution >= 0.6 is 0 Å². The maximum absolute atomic E-state index is 12.8. The van der Waals surface area contributed by atoms with Gasteiger partial charge in [-0.15, -0.1) is 0 Å². The minimum Gasteiger partial charge on any atom is -0.496 e. The normalized spacial score (nSPS) is 16.6. The first-order chi connectivity index (χ1) is 9.91. The summed E-state index contributed by atoms with van der Waals surface area (Å²) in [5, 5.41) is 2.80. The van der Waals surface area contributed by atoms with Crippen molar-refractivity contribution in [1.82, 2.24) is 5.32 Å². The van der Waals surface area contributed by atoms with Crippen molar-refractivity contribution in [2.75, 3.05) is 7.11 Å². The molecule has 21 heavy (non-hydrogen) atoms. The number of hydrogen-bond acceptors (Lipinski definition) is 2. The summed E-state index contributed by atoms with van der Waals surface area (Å²) in [5.74, 6) is -0.360. The van der Waals surface area contributed by atoms with E-state index in [9.17, 15) is 18.0 Å². The van der Waals surface area contributed by atoms with Gasteiger partial charge in [0.05, 0.1) is 18.2 Å². The monoisotopic (exact) mass is 301 g/mol. The predicted octanol–water partition coefficient (Wildman–Crippen LogP) is 3.78. The molecule has 3 nitrogen and oxygen atoms in total. The summed E-state index contributed by atoms with van der Waals surface area (Å²) in [4.78, 5) is 12.2. The molecule has 0 bridgehead atoms. The van der Waals surface area contributed by atoms with Gasteiger partial charge in [0.2, 0.25) is 0 Å². The Bertz CT molecular complexity index is 508.